The molecule has 0 aliphatic carbocycles. The first-order valence-electron chi connectivity index (χ1n) is 5.62. The molecule has 1 aliphatic heterocycles. The molecule has 0 spiro atoms. The molecule has 0 fully saturated rings. The number of carbonyl (C=O) groups excluding carboxylic acids is 2. The predicted octanol–water partition coefficient (Wildman–Crippen LogP) is 1.91. The molecule has 2 aromatic rings. The average molecular weight is 242 g/mol. The number of Topliss-reactive ketones (excluding diaryl/α,β-unsaturated/α-hetero) is 1. The van der Waals surface area contributed by atoms with Gasteiger partial charge in [0.25, 0.3) is 5.91 Å². The molecule has 0 bridgehead atoms. The van der Waals surface area contributed by atoms with E-state index in [1.165, 1.54) is 12.3 Å². The number of hydrogen-bond acceptors (Lipinski definition) is 4. The van der Waals surface area contributed by atoms with Crippen LogP contribution in [0.3, 0.4) is 0 Å². The topological polar surface area (TPSA) is 63.4 Å². The Bertz CT molecular complexity index is 604. The van der Waals surface area contributed by atoms with E-state index >= 15 is 0 Å². The Labute approximate surface area is 103 Å². The zero-order valence-electron chi connectivity index (χ0n) is 9.50. The average Bonchev–Trinajstić information content (AvgIpc) is 2.93. The minimum Gasteiger partial charge on any atom is -0.364 e. The number of rotatable bonds is 1. The summed E-state index contributed by atoms with van der Waals surface area (Å²) in [6, 6.07) is 8.62. The molecule has 0 unspecified atom stereocenters. The number of fused-ring (bicyclic) bond motifs is 1. The summed E-state index contributed by atoms with van der Waals surface area (Å²) in [6.07, 6.45) is 1.69. The summed E-state index contributed by atoms with van der Waals surface area (Å²) in [5.74, 6) is -0.182. The lowest BCUT2D eigenvalue weighted by molar-refractivity contribution is 0.0950. The number of anilines is 1. The summed E-state index contributed by atoms with van der Waals surface area (Å²) in [5, 5.41) is 3.63. The molecule has 0 radical (unpaired) electrons. The van der Waals surface area contributed by atoms with E-state index in [9.17, 15) is 9.59 Å². The number of ketones is 1. The fourth-order valence-electron chi connectivity index (χ4n) is 2.09. The maximum absolute atomic E-state index is 12.2. The van der Waals surface area contributed by atoms with E-state index in [4.69, 9.17) is 0 Å². The van der Waals surface area contributed by atoms with Gasteiger partial charge in [0.2, 0.25) is 0 Å². The molecule has 0 N–H and O–H groups in total. The fourth-order valence-corrected chi connectivity index (χ4v) is 2.09. The van der Waals surface area contributed by atoms with Gasteiger partial charge in [-0.1, -0.05) is 17.3 Å². The number of aromatic nitrogens is 1. The molecule has 1 aromatic carbocycles. The molecule has 0 atom stereocenters. The van der Waals surface area contributed by atoms with Crippen molar-refractivity contribution in [2.24, 2.45) is 0 Å². The van der Waals surface area contributed by atoms with Crippen LogP contribution in [-0.4, -0.2) is 23.4 Å². The van der Waals surface area contributed by atoms with Gasteiger partial charge in [-0.05, 0) is 12.1 Å². The van der Waals surface area contributed by atoms with Crippen LogP contribution >= 0.6 is 0 Å². The van der Waals surface area contributed by atoms with Crippen molar-refractivity contribution in [2.75, 3.05) is 11.4 Å². The van der Waals surface area contributed by atoms with Crippen LogP contribution in [-0.2, 0) is 0 Å². The minimum atomic E-state index is -0.247. The van der Waals surface area contributed by atoms with E-state index in [1.54, 1.807) is 29.2 Å². The molecule has 5 heteroatoms. The molecule has 1 aliphatic rings. The fraction of sp³-hybridized carbons (Fsp3) is 0.154. The van der Waals surface area contributed by atoms with Gasteiger partial charge in [-0.2, -0.15) is 0 Å². The summed E-state index contributed by atoms with van der Waals surface area (Å²) in [6.45, 7) is 0.377. The van der Waals surface area contributed by atoms with Gasteiger partial charge in [-0.25, -0.2) is 0 Å². The Morgan fingerprint density at radius 1 is 1.28 bits per heavy atom. The van der Waals surface area contributed by atoms with E-state index in [-0.39, 0.29) is 17.4 Å². The smallest absolute Gasteiger partial charge is 0.280 e. The summed E-state index contributed by atoms with van der Waals surface area (Å²) in [7, 11) is 0. The maximum Gasteiger partial charge on any atom is 0.280 e. The van der Waals surface area contributed by atoms with Crippen LogP contribution in [0.2, 0.25) is 0 Å². The van der Waals surface area contributed by atoms with Crippen molar-refractivity contribution >= 4 is 17.4 Å². The van der Waals surface area contributed by atoms with Crippen LogP contribution in [0.15, 0.2) is 41.1 Å². The van der Waals surface area contributed by atoms with Gasteiger partial charge in [-0.15, -0.1) is 0 Å². The zero-order valence-corrected chi connectivity index (χ0v) is 9.50. The number of para-hydroxylation sites is 1. The number of benzene rings is 1. The lowest BCUT2D eigenvalue weighted by Crippen LogP contribution is -2.37. The third-order valence-corrected chi connectivity index (χ3v) is 2.96. The first-order chi connectivity index (χ1) is 8.77. The third-order valence-electron chi connectivity index (χ3n) is 2.96. The summed E-state index contributed by atoms with van der Waals surface area (Å²) >= 11 is 0. The zero-order chi connectivity index (χ0) is 12.5. The number of nitrogens with zero attached hydrogens (tertiary/aromatic N) is 2. The Morgan fingerprint density at radius 2 is 2.11 bits per heavy atom. The van der Waals surface area contributed by atoms with E-state index < -0.39 is 0 Å². The Kier molecular flexibility index (Phi) is 2.44. The SMILES string of the molecule is O=C1CCN(C(=O)c2ccon2)c2ccccc21. The van der Waals surface area contributed by atoms with Gasteiger partial charge in [0.05, 0.1) is 5.69 Å². The molecule has 5 nitrogen and oxygen atoms in total. The van der Waals surface area contributed by atoms with Crippen molar-refractivity contribution in [3.63, 3.8) is 0 Å². The monoisotopic (exact) mass is 242 g/mol. The minimum absolute atomic E-state index is 0.0646. The molecule has 18 heavy (non-hydrogen) atoms. The quantitative estimate of drug-likeness (QED) is 0.766. The van der Waals surface area contributed by atoms with Crippen LogP contribution in [0.5, 0.6) is 0 Å². The Balaban J connectivity index is 2.03. The van der Waals surface area contributed by atoms with Crippen LogP contribution in [0, 0.1) is 0 Å². The second kappa shape index (κ2) is 4.10. The van der Waals surface area contributed by atoms with Gasteiger partial charge >= 0.3 is 0 Å². The van der Waals surface area contributed by atoms with Crippen LogP contribution in [0.1, 0.15) is 27.3 Å². The van der Waals surface area contributed by atoms with Crippen molar-refractivity contribution in [3.05, 3.63) is 47.9 Å². The lowest BCUT2D eigenvalue weighted by Gasteiger charge is -2.27. The molecule has 1 amide bonds. The summed E-state index contributed by atoms with van der Waals surface area (Å²) < 4.78 is 4.67. The van der Waals surface area contributed by atoms with E-state index in [2.05, 4.69) is 9.68 Å². The van der Waals surface area contributed by atoms with Gasteiger partial charge in [0.15, 0.2) is 11.5 Å². The van der Waals surface area contributed by atoms with Crippen molar-refractivity contribution in [1.29, 1.82) is 0 Å². The summed E-state index contributed by atoms with van der Waals surface area (Å²) in [5.41, 5.74) is 1.47. The van der Waals surface area contributed by atoms with Crippen LogP contribution in [0.25, 0.3) is 0 Å². The number of hydrogen-bond donors (Lipinski definition) is 0. The Morgan fingerprint density at radius 3 is 2.89 bits per heavy atom. The summed E-state index contributed by atoms with van der Waals surface area (Å²) in [4.78, 5) is 25.6. The lowest BCUT2D eigenvalue weighted by atomic mass is 10.00. The highest BCUT2D eigenvalue weighted by molar-refractivity contribution is 6.12. The number of carbonyl (C=O) groups is 2. The molecule has 3 rings (SSSR count). The van der Waals surface area contributed by atoms with Crippen molar-refractivity contribution in [2.45, 2.75) is 6.42 Å². The second-order valence-corrected chi connectivity index (χ2v) is 4.03. The highest BCUT2D eigenvalue weighted by Crippen LogP contribution is 2.27. The largest absolute Gasteiger partial charge is 0.364 e. The van der Waals surface area contributed by atoms with Crippen molar-refractivity contribution < 1.29 is 14.1 Å². The third kappa shape index (κ3) is 1.60. The normalized spacial score (nSPS) is 14.4. The standard InChI is InChI=1S/C13H10N2O3/c16-12-5-7-15(11-4-2-1-3-9(11)12)13(17)10-6-8-18-14-10/h1-4,6,8H,5,7H2. The molecular weight excluding hydrogens is 232 g/mol. The predicted molar refractivity (Wildman–Crippen MR) is 63.6 cm³/mol. The molecule has 2 heterocycles. The highest BCUT2D eigenvalue weighted by Gasteiger charge is 2.28. The van der Waals surface area contributed by atoms with E-state index in [0.29, 0.717) is 24.2 Å². The highest BCUT2D eigenvalue weighted by atomic mass is 16.5. The second-order valence-electron chi connectivity index (χ2n) is 4.03. The van der Waals surface area contributed by atoms with Gasteiger partial charge in [0, 0.05) is 24.6 Å². The molecule has 0 saturated heterocycles. The van der Waals surface area contributed by atoms with Gasteiger partial charge in [0.1, 0.15) is 6.26 Å². The first-order valence-corrected chi connectivity index (χ1v) is 5.62. The maximum atomic E-state index is 12.2. The van der Waals surface area contributed by atoms with Crippen LogP contribution < -0.4 is 4.90 Å². The van der Waals surface area contributed by atoms with Crippen molar-refractivity contribution in [1.82, 2.24) is 5.16 Å². The van der Waals surface area contributed by atoms with E-state index in [1.807, 2.05) is 0 Å². The van der Waals surface area contributed by atoms with Crippen molar-refractivity contribution in [3.8, 4) is 0 Å². The van der Waals surface area contributed by atoms with Gasteiger partial charge < -0.3 is 9.42 Å². The Hall–Kier alpha value is -2.43. The van der Waals surface area contributed by atoms with Gasteiger partial charge in [-0.3, -0.25) is 9.59 Å². The molecule has 0 saturated carbocycles. The van der Waals surface area contributed by atoms with E-state index in [0.717, 1.165) is 0 Å². The first kappa shape index (κ1) is 10.7. The molecule has 1 aromatic heterocycles. The molecule has 90 valence electrons. The van der Waals surface area contributed by atoms with Crippen LogP contribution in [0.4, 0.5) is 5.69 Å². The number of amides is 1. The molecular formula is C13H10N2O3.